The quantitative estimate of drug-likeness (QED) is 0.750. The van der Waals surface area contributed by atoms with Gasteiger partial charge in [-0.15, -0.1) is 0 Å². The van der Waals surface area contributed by atoms with Crippen LogP contribution in [0.3, 0.4) is 0 Å². The molecule has 1 aliphatic carbocycles. The fourth-order valence-electron chi connectivity index (χ4n) is 2.68. The number of ether oxygens (including phenoxy) is 1. The molecule has 0 aliphatic heterocycles. The Morgan fingerprint density at radius 3 is 2.35 bits per heavy atom. The van der Waals surface area contributed by atoms with E-state index in [4.69, 9.17) is 4.74 Å². The predicted octanol–water partition coefficient (Wildman–Crippen LogP) is 2.05. The Hall–Kier alpha value is -1.10. The zero-order valence-corrected chi connectivity index (χ0v) is 12.7. The van der Waals surface area contributed by atoms with Crippen molar-refractivity contribution in [2.75, 3.05) is 13.2 Å². The van der Waals surface area contributed by atoms with Crippen LogP contribution < -0.4 is 5.32 Å². The van der Waals surface area contributed by atoms with Gasteiger partial charge in [-0.25, -0.2) is 0 Å². The van der Waals surface area contributed by atoms with E-state index in [-0.39, 0.29) is 17.9 Å². The molecule has 1 amide bonds. The Balaban J connectivity index is 2.63. The third kappa shape index (κ3) is 4.78. The largest absolute Gasteiger partial charge is 0.481 e. The summed E-state index contributed by atoms with van der Waals surface area (Å²) in [7, 11) is 0. The Kier molecular flexibility index (Phi) is 6.99. The minimum atomic E-state index is -0.851. The number of aliphatic carboxylic acids is 1. The van der Waals surface area contributed by atoms with Crippen molar-refractivity contribution >= 4 is 11.9 Å². The van der Waals surface area contributed by atoms with Crippen LogP contribution in [0, 0.1) is 17.8 Å². The molecule has 0 heterocycles. The van der Waals surface area contributed by atoms with Gasteiger partial charge >= 0.3 is 5.97 Å². The van der Waals surface area contributed by atoms with Crippen LogP contribution in [0.15, 0.2) is 0 Å². The summed E-state index contributed by atoms with van der Waals surface area (Å²) in [5.41, 5.74) is 0. The molecular weight excluding hydrogens is 258 g/mol. The maximum absolute atomic E-state index is 12.4. The van der Waals surface area contributed by atoms with Gasteiger partial charge in [0.1, 0.15) is 0 Å². The standard InChI is InChI=1S/C15H27NO4/c1-4-20-9-13(10(2)3)16-14(17)11-7-5-6-8-12(11)15(18)19/h10-13H,4-9H2,1-3H3,(H,16,17)(H,18,19). The summed E-state index contributed by atoms with van der Waals surface area (Å²) in [5.74, 6) is -1.66. The second kappa shape index (κ2) is 8.25. The van der Waals surface area contributed by atoms with E-state index in [0.717, 1.165) is 12.8 Å². The maximum atomic E-state index is 12.4. The third-order valence-corrected chi connectivity index (χ3v) is 4.05. The number of carbonyl (C=O) groups excluding carboxylic acids is 1. The van der Waals surface area contributed by atoms with Crippen molar-refractivity contribution in [1.29, 1.82) is 0 Å². The van der Waals surface area contributed by atoms with Crippen molar-refractivity contribution in [2.24, 2.45) is 17.8 Å². The number of carboxylic acid groups (broad SMARTS) is 1. The molecule has 0 aromatic rings. The van der Waals surface area contributed by atoms with Gasteiger partial charge in [0, 0.05) is 6.61 Å². The van der Waals surface area contributed by atoms with Gasteiger partial charge in [-0.2, -0.15) is 0 Å². The zero-order chi connectivity index (χ0) is 15.1. The van der Waals surface area contributed by atoms with Crippen LogP contribution in [0.1, 0.15) is 46.5 Å². The van der Waals surface area contributed by atoms with E-state index in [1.54, 1.807) is 0 Å². The molecular formula is C15H27NO4. The van der Waals surface area contributed by atoms with Crippen LogP contribution in [0.25, 0.3) is 0 Å². The van der Waals surface area contributed by atoms with Gasteiger partial charge in [0.15, 0.2) is 0 Å². The third-order valence-electron chi connectivity index (χ3n) is 4.05. The summed E-state index contributed by atoms with van der Waals surface area (Å²) in [6, 6.07) is -0.0566. The fraction of sp³-hybridized carbons (Fsp3) is 0.867. The Labute approximate surface area is 121 Å². The minimum Gasteiger partial charge on any atom is -0.481 e. The molecule has 3 atom stereocenters. The summed E-state index contributed by atoms with van der Waals surface area (Å²) in [6.45, 7) is 7.06. The molecule has 20 heavy (non-hydrogen) atoms. The van der Waals surface area contributed by atoms with Crippen LogP contribution >= 0.6 is 0 Å². The molecule has 0 radical (unpaired) electrons. The molecule has 3 unspecified atom stereocenters. The molecule has 5 nitrogen and oxygen atoms in total. The number of carbonyl (C=O) groups is 2. The molecule has 1 rings (SSSR count). The fourth-order valence-corrected chi connectivity index (χ4v) is 2.68. The van der Waals surface area contributed by atoms with E-state index < -0.39 is 17.8 Å². The van der Waals surface area contributed by atoms with Crippen LogP contribution in [0.2, 0.25) is 0 Å². The lowest BCUT2D eigenvalue weighted by atomic mass is 9.78. The first-order valence-electron chi connectivity index (χ1n) is 7.58. The van der Waals surface area contributed by atoms with E-state index in [9.17, 15) is 14.7 Å². The smallest absolute Gasteiger partial charge is 0.307 e. The van der Waals surface area contributed by atoms with E-state index in [0.29, 0.717) is 26.1 Å². The first-order valence-corrected chi connectivity index (χ1v) is 7.58. The van der Waals surface area contributed by atoms with Gasteiger partial charge in [-0.3, -0.25) is 9.59 Å². The predicted molar refractivity (Wildman–Crippen MR) is 76.3 cm³/mol. The van der Waals surface area contributed by atoms with Gasteiger partial charge < -0.3 is 15.2 Å². The molecule has 0 aromatic carbocycles. The van der Waals surface area contributed by atoms with Crippen molar-refractivity contribution in [1.82, 2.24) is 5.32 Å². The summed E-state index contributed by atoms with van der Waals surface area (Å²) < 4.78 is 5.39. The summed E-state index contributed by atoms with van der Waals surface area (Å²) in [6.07, 6.45) is 3.10. The lowest BCUT2D eigenvalue weighted by molar-refractivity contribution is -0.149. The lowest BCUT2D eigenvalue weighted by Gasteiger charge is -2.30. The number of amides is 1. The molecule has 0 aromatic heterocycles. The molecule has 1 fully saturated rings. The molecule has 1 saturated carbocycles. The van der Waals surface area contributed by atoms with Crippen molar-refractivity contribution in [3.05, 3.63) is 0 Å². The minimum absolute atomic E-state index is 0.0566. The van der Waals surface area contributed by atoms with E-state index in [1.807, 2.05) is 20.8 Å². The maximum Gasteiger partial charge on any atom is 0.307 e. The highest BCUT2D eigenvalue weighted by Crippen LogP contribution is 2.30. The molecule has 2 N–H and O–H groups in total. The molecule has 0 spiro atoms. The average molecular weight is 285 g/mol. The summed E-state index contributed by atoms with van der Waals surface area (Å²) in [4.78, 5) is 23.6. The molecule has 0 saturated heterocycles. The molecule has 116 valence electrons. The van der Waals surface area contributed by atoms with Gasteiger partial charge in [-0.1, -0.05) is 26.7 Å². The zero-order valence-electron chi connectivity index (χ0n) is 12.7. The second-order valence-electron chi connectivity index (χ2n) is 5.85. The topological polar surface area (TPSA) is 75.6 Å². The lowest BCUT2D eigenvalue weighted by Crippen LogP contribution is -2.47. The number of hydrogen-bond donors (Lipinski definition) is 2. The van der Waals surface area contributed by atoms with Crippen LogP contribution in [0.5, 0.6) is 0 Å². The van der Waals surface area contributed by atoms with E-state index >= 15 is 0 Å². The second-order valence-corrected chi connectivity index (χ2v) is 5.85. The number of rotatable bonds is 7. The molecule has 0 bridgehead atoms. The number of carboxylic acids is 1. The molecule has 1 aliphatic rings. The van der Waals surface area contributed by atoms with Gasteiger partial charge in [0.2, 0.25) is 5.91 Å². The van der Waals surface area contributed by atoms with Crippen molar-refractivity contribution < 1.29 is 19.4 Å². The summed E-state index contributed by atoms with van der Waals surface area (Å²) >= 11 is 0. The van der Waals surface area contributed by atoms with Crippen molar-refractivity contribution in [2.45, 2.75) is 52.5 Å². The first-order chi connectivity index (χ1) is 9.47. The van der Waals surface area contributed by atoms with Crippen LogP contribution in [0.4, 0.5) is 0 Å². The van der Waals surface area contributed by atoms with Crippen molar-refractivity contribution in [3.8, 4) is 0 Å². The monoisotopic (exact) mass is 285 g/mol. The Morgan fingerprint density at radius 2 is 1.85 bits per heavy atom. The van der Waals surface area contributed by atoms with Crippen LogP contribution in [-0.4, -0.2) is 36.2 Å². The van der Waals surface area contributed by atoms with Gasteiger partial charge in [0.05, 0.1) is 24.5 Å². The number of hydrogen-bond acceptors (Lipinski definition) is 3. The SMILES string of the molecule is CCOCC(NC(=O)C1CCCCC1C(=O)O)C(C)C. The highest BCUT2D eigenvalue weighted by molar-refractivity contribution is 5.85. The summed E-state index contributed by atoms with van der Waals surface area (Å²) in [5, 5.41) is 12.2. The van der Waals surface area contributed by atoms with E-state index in [1.165, 1.54) is 0 Å². The number of nitrogens with one attached hydrogen (secondary N) is 1. The normalized spacial score (nSPS) is 24.4. The Bertz CT molecular complexity index is 330. The average Bonchev–Trinajstić information content (AvgIpc) is 2.42. The van der Waals surface area contributed by atoms with Crippen LogP contribution in [-0.2, 0) is 14.3 Å². The van der Waals surface area contributed by atoms with Gasteiger partial charge in [0.25, 0.3) is 0 Å². The molecule has 5 heteroatoms. The van der Waals surface area contributed by atoms with E-state index in [2.05, 4.69) is 5.32 Å². The Morgan fingerprint density at radius 1 is 1.25 bits per heavy atom. The van der Waals surface area contributed by atoms with Crippen molar-refractivity contribution in [3.63, 3.8) is 0 Å². The first kappa shape index (κ1) is 17.0. The highest BCUT2D eigenvalue weighted by Gasteiger charge is 2.36. The van der Waals surface area contributed by atoms with Gasteiger partial charge in [-0.05, 0) is 25.7 Å². The highest BCUT2D eigenvalue weighted by atomic mass is 16.5.